The Morgan fingerprint density at radius 3 is 2.17 bits per heavy atom. The third-order valence-corrected chi connectivity index (χ3v) is 3.00. The van der Waals surface area contributed by atoms with Gasteiger partial charge in [0.2, 0.25) is 0 Å². The Hall–Kier alpha value is -1.10. The van der Waals surface area contributed by atoms with E-state index in [9.17, 15) is 9.59 Å². The van der Waals surface area contributed by atoms with Crippen LogP contribution in [0.4, 0.5) is 0 Å². The lowest BCUT2D eigenvalue weighted by Crippen LogP contribution is -2.43. The van der Waals surface area contributed by atoms with E-state index >= 15 is 0 Å². The van der Waals surface area contributed by atoms with Gasteiger partial charge in [-0.15, -0.1) is 0 Å². The van der Waals surface area contributed by atoms with Crippen molar-refractivity contribution in [1.82, 2.24) is 15.1 Å². The largest absolute Gasteiger partial charge is 0.347 e. The van der Waals surface area contributed by atoms with E-state index in [-0.39, 0.29) is 0 Å². The van der Waals surface area contributed by atoms with Crippen LogP contribution in [-0.2, 0) is 9.59 Å². The molecule has 0 aliphatic carbocycles. The first kappa shape index (κ1) is 16.9. The number of hydrogen-bond donors (Lipinski definition) is 1. The van der Waals surface area contributed by atoms with Gasteiger partial charge in [0.15, 0.2) is 0 Å². The molecule has 0 aliphatic rings. The summed E-state index contributed by atoms with van der Waals surface area (Å²) >= 11 is 0. The maximum Gasteiger partial charge on any atom is 0.311 e. The molecular weight excluding hydrogens is 230 g/mol. The molecule has 0 rings (SSSR count). The molecule has 0 radical (unpaired) electrons. The number of nitrogens with one attached hydrogen (secondary N) is 1. The Morgan fingerprint density at radius 2 is 1.67 bits per heavy atom. The third kappa shape index (κ3) is 6.59. The standard InChI is InChI=1S/C13H27N3O2/c1-5-8-10-15(4)13(18)12(17)14-9-11-16(6-2)7-3/h5-11H2,1-4H3,(H,14,17). The molecule has 0 bridgehead atoms. The molecule has 5 heteroatoms. The first-order chi connectivity index (χ1) is 8.56. The highest BCUT2D eigenvalue weighted by Gasteiger charge is 2.17. The fourth-order valence-corrected chi connectivity index (χ4v) is 1.61. The molecule has 0 saturated heterocycles. The Bertz CT molecular complexity index is 253. The number of likely N-dealkylation sites (N-methyl/N-ethyl adjacent to an activating group) is 2. The first-order valence-corrected chi connectivity index (χ1v) is 6.82. The number of carbonyl (C=O) groups excluding carboxylic acids is 2. The van der Waals surface area contributed by atoms with E-state index in [0.29, 0.717) is 13.1 Å². The molecule has 1 N–H and O–H groups in total. The van der Waals surface area contributed by atoms with Crippen LogP contribution in [0.3, 0.4) is 0 Å². The fraction of sp³-hybridized carbons (Fsp3) is 0.846. The number of hydrogen-bond acceptors (Lipinski definition) is 3. The van der Waals surface area contributed by atoms with Crippen molar-refractivity contribution in [1.29, 1.82) is 0 Å². The second kappa shape index (κ2) is 9.88. The highest BCUT2D eigenvalue weighted by Crippen LogP contribution is 1.92. The average Bonchev–Trinajstić information content (AvgIpc) is 2.39. The van der Waals surface area contributed by atoms with Gasteiger partial charge < -0.3 is 15.1 Å². The van der Waals surface area contributed by atoms with Gasteiger partial charge in [0, 0.05) is 26.7 Å². The molecule has 0 aromatic carbocycles. The zero-order valence-electron chi connectivity index (χ0n) is 12.2. The molecule has 0 saturated carbocycles. The van der Waals surface area contributed by atoms with Crippen molar-refractivity contribution in [3.05, 3.63) is 0 Å². The zero-order valence-corrected chi connectivity index (χ0v) is 12.2. The van der Waals surface area contributed by atoms with Crippen LogP contribution in [0.2, 0.25) is 0 Å². The van der Waals surface area contributed by atoms with Gasteiger partial charge in [-0.3, -0.25) is 9.59 Å². The first-order valence-electron chi connectivity index (χ1n) is 6.82. The lowest BCUT2D eigenvalue weighted by molar-refractivity contribution is -0.145. The predicted octanol–water partition coefficient (Wildman–Crippen LogP) is 0.703. The van der Waals surface area contributed by atoms with Gasteiger partial charge in [-0.05, 0) is 19.5 Å². The van der Waals surface area contributed by atoms with Crippen LogP contribution in [-0.4, -0.2) is 61.4 Å². The second-order valence-electron chi connectivity index (χ2n) is 4.36. The fourth-order valence-electron chi connectivity index (χ4n) is 1.61. The summed E-state index contributed by atoms with van der Waals surface area (Å²) in [5.41, 5.74) is 0. The van der Waals surface area contributed by atoms with Gasteiger partial charge in [0.25, 0.3) is 0 Å². The number of rotatable bonds is 8. The average molecular weight is 257 g/mol. The normalized spacial score (nSPS) is 10.5. The highest BCUT2D eigenvalue weighted by molar-refractivity contribution is 6.34. The van der Waals surface area contributed by atoms with E-state index in [2.05, 4.69) is 31.0 Å². The molecule has 0 aromatic heterocycles. The number of carbonyl (C=O) groups is 2. The van der Waals surface area contributed by atoms with E-state index in [4.69, 9.17) is 0 Å². The third-order valence-electron chi connectivity index (χ3n) is 3.00. The minimum Gasteiger partial charge on any atom is -0.347 e. The van der Waals surface area contributed by atoms with Crippen LogP contribution in [0, 0.1) is 0 Å². The van der Waals surface area contributed by atoms with Gasteiger partial charge in [-0.2, -0.15) is 0 Å². The van der Waals surface area contributed by atoms with Crippen molar-refractivity contribution >= 4 is 11.8 Å². The molecule has 106 valence electrons. The van der Waals surface area contributed by atoms with E-state index in [1.165, 1.54) is 4.90 Å². The van der Waals surface area contributed by atoms with Crippen LogP contribution in [0.25, 0.3) is 0 Å². The number of nitrogens with zero attached hydrogens (tertiary/aromatic N) is 2. The minimum atomic E-state index is -0.499. The molecule has 0 aromatic rings. The summed E-state index contributed by atoms with van der Waals surface area (Å²) in [6.07, 6.45) is 1.94. The smallest absolute Gasteiger partial charge is 0.311 e. The number of amides is 2. The molecule has 5 nitrogen and oxygen atoms in total. The van der Waals surface area contributed by atoms with Crippen molar-refractivity contribution in [3.8, 4) is 0 Å². The Kier molecular flexibility index (Phi) is 9.28. The van der Waals surface area contributed by atoms with Gasteiger partial charge in [0.05, 0.1) is 0 Å². The lowest BCUT2D eigenvalue weighted by atomic mass is 10.3. The van der Waals surface area contributed by atoms with Gasteiger partial charge in [0.1, 0.15) is 0 Å². The molecule has 18 heavy (non-hydrogen) atoms. The quantitative estimate of drug-likeness (QED) is 0.651. The molecule has 0 atom stereocenters. The van der Waals surface area contributed by atoms with Crippen LogP contribution in [0.1, 0.15) is 33.6 Å². The molecule has 0 unspecified atom stereocenters. The van der Waals surface area contributed by atoms with E-state index in [1.54, 1.807) is 7.05 Å². The highest BCUT2D eigenvalue weighted by atomic mass is 16.2. The Labute approximate surface area is 111 Å². The maximum absolute atomic E-state index is 11.7. The Balaban J connectivity index is 3.90. The summed E-state index contributed by atoms with van der Waals surface area (Å²) < 4.78 is 0. The van der Waals surface area contributed by atoms with Gasteiger partial charge in [-0.1, -0.05) is 27.2 Å². The van der Waals surface area contributed by atoms with Crippen molar-refractivity contribution in [2.75, 3.05) is 39.8 Å². The van der Waals surface area contributed by atoms with Crippen molar-refractivity contribution < 1.29 is 9.59 Å². The Morgan fingerprint density at radius 1 is 1.06 bits per heavy atom. The van der Waals surface area contributed by atoms with E-state index < -0.39 is 11.8 Å². The molecule has 2 amide bonds. The summed E-state index contributed by atoms with van der Waals surface area (Å²) in [5.74, 6) is -0.941. The van der Waals surface area contributed by atoms with Crippen molar-refractivity contribution in [2.24, 2.45) is 0 Å². The maximum atomic E-state index is 11.7. The lowest BCUT2D eigenvalue weighted by Gasteiger charge is -2.19. The monoisotopic (exact) mass is 257 g/mol. The van der Waals surface area contributed by atoms with Crippen LogP contribution in [0.5, 0.6) is 0 Å². The molecule has 0 spiro atoms. The zero-order chi connectivity index (χ0) is 14.0. The molecule has 0 fully saturated rings. The topological polar surface area (TPSA) is 52.7 Å². The SMILES string of the molecule is CCCCN(C)C(=O)C(=O)NCCN(CC)CC. The van der Waals surface area contributed by atoms with Gasteiger partial charge >= 0.3 is 11.8 Å². The van der Waals surface area contributed by atoms with E-state index in [1.807, 2.05) is 0 Å². The summed E-state index contributed by atoms with van der Waals surface area (Å²) in [5, 5.41) is 2.67. The predicted molar refractivity (Wildman–Crippen MR) is 73.3 cm³/mol. The molecule has 0 aliphatic heterocycles. The van der Waals surface area contributed by atoms with Crippen LogP contribution in [0.15, 0.2) is 0 Å². The number of unbranched alkanes of at least 4 members (excludes halogenated alkanes) is 1. The van der Waals surface area contributed by atoms with Crippen molar-refractivity contribution in [3.63, 3.8) is 0 Å². The summed E-state index contributed by atoms with van der Waals surface area (Å²) in [7, 11) is 1.67. The van der Waals surface area contributed by atoms with E-state index in [0.717, 1.165) is 32.5 Å². The minimum absolute atomic E-state index is 0.442. The molecular formula is C13H27N3O2. The van der Waals surface area contributed by atoms with Gasteiger partial charge in [-0.25, -0.2) is 0 Å². The second-order valence-corrected chi connectivity index (χ2v) is 4.36. The summed E-state index contributed by atoms with van der Waals surface area (Å²) in [6, 6.07) is 0. The molecule has 0 heterocycles. The van der Waals surface area contributed by atoms with Crippen LogP contribution >= 0.6 is 0 Å². The summed E-state index contributed by atoms with van der Waals surface area (Å²) in [6.45, 7) is 10.1. The van der Waals surface area contributed by atoms with Crippen molar-refractivity contribution in [2.45, 2.75) is 33.6 Å². The summed E-state index contributed by atoms with van der Waals surface area (Å²) in [4.78, 5) is 26.9. The van der Waals surface area contributed by atoms with Crippen LogP contribution < -0.4 is 5.32 Å².